The third kappa shape index (κ3) is 5.58. The quantitative estimate of drug-likeness (QED) is 0.607. The van der Waals surface area contributed by atoms with E-state index in [1.54, 1.807) is 4.90 Å². The van der Waals surface area contributed by atoms with Gasteiger partial charge in [-0.3, -0.25) is 4.79 Å². The molecule has 0 saturated carbocycles. The van der Waals surface area contributed by atoms with Crippen molar-refractivity contribution in [1.82, 2.24) is 25.0 Å². The molecule has 2 N–H and O–H groups in total. The maximum absolute atomic E-state index is 12.8. The molecular formula is C25H30N6O2. The fourth-order valence-electron chi connectivity index (χ4n) is 4.16. The minimum absolute atomic E-state index is 0.0199. The zero-order valence-electron chi connectivity index (χ0n) is 19.1. The molecule has 8 heteroatoms. The Balaban J connectivity index is 1.27. The Hall–Kier alpha value is -3.68. The molecule has 2 aromatic carbocycles. The Bertz CT molecular complexity index is 1110. The second kappa shape index (κ2) is 10.3. The van der Waals surface area contributed by atoms with Crippen LogP contribution in [0.15, 0.2) is 54.6 Å². The second-order valence-electron chi connectivity index (χ2n) is 8.49. The third-order valence-corrected chi connectivity index (χ3v) is 5.99. The number of aromatic nitrogens is 3. The van der Waals surface area contributed by atoms with Gasteiger partial charge in [0.1, 0.15) is 5.82 Å². The summed E-state index contributed by atoms with van der Waals surface area (Å²) in [5, 5.41) is 14.5. The molecule has 1 atom stereocenters. The molecule has 8 nitrogen and oxygen atoms in total. The summed E-state index contributed by atoms with van der Waals surface area (Å²) in [4.78, 5) is 27.2. The molecule has 1 saturated heterocycles. The first kappa shape index (κ1) is 22.5. The normalized spacial score (nSPS) is 15.8. The van der Waals surface area contributed by atoms with Gasteiger partial charge >= 0.3 is 6.03 Å². The number of nitrogens with one attached hydrogen (secondary N) is 2. The predicted molar refractivity (Wildman–Crippen MR) is 128 cm³/mol. The summed E-state index contributed by atoms with van der Waals surface area (Å²) in [5.41, 5.74) is 2.86. The van der Waals surface area contributed by atoms with E-state index in [1.165, 1.54) is 0 Å². The number of nitrogens with zero attached hydrogens (tertiary/aromatic N) is 4. The van der Waals surface area contributed by atoms with E-state index in [2.05, 4.69) is 20.8 Å². The van der Waals surface area contributed by atoms with Gasteiger partial charge in [-0.15, -0.1) is 10.2 Å². The van der Waals surface area contributed by atoms with E-state index >= 15 is 0 Å². The van der Waals surface area contributed by atoms with Crippen molar-refractivity contribution in [2.45, 2.75) is 26.2 Å². The summed E-state index contributed by atoms with van der Waals surface area (Å²) >= 11 is 0. The number of amides is 3. The minimum atomic E-state index is -0.207. The molecule has 1 fully saturated rings. The topological polar surface area (TPSA) is 92.2 Å². The fourth-order valence-corrected chi connectivity index (χ4v) is 4.16. The number of carbonyl (C=O) groups is 2. The highest BCUT2D eigenvalue weighted by atomic mass is 16.2. The molecule has 0 aliphatic carbocycles. The van der Waals surface area contributed by atoms with Crippen molar-refractivity contribution in [2.24, 2.45) is 13.0 Å². The van der Waals surface area contributed by atoms with Gasteiger partial charge in [-0.25, -0.2) is 4.79 Å². The SMILES string of the molecule is Cc1cccc(NC(=O)N2CCC[C@@H](C(=O)NCCc3nnc(-c4ccccc4)n3C)C2)c1. The number of piperidine rings is 1. The van der Waals surface area contributed by atoms with Crippen molar-refractivity contribution in [3.8, 4) is 11.4 Å². The van der Waals surface area contributed by atoms with Crippen LogP contribution in [-0.4, -0.2) is 51.2 Å². The number of anilines is 1. The molecule has 0 spiro atoms. The maximum Gasteiger partial charge on any atom is 0.321 e. The van der Waals surface area contributed by atoms with Crippen LogP contribution in [0.1, 0.15) is 24.2 Å². The fraction of sp³-hybridized carbons (Fsp3) is 0.360. The van der Waals surface area contributed by atoms with Gasteiger partial charge in [0.2, 0.25) is 5.91 Å². The molecule has 172 valence electrons. The second-order valence-corrected chi connectivity index (χ2v) is 8.49. The van der Waals surface area contributed by atoms with Crippen LogP contribution in [-0.2, 0) is 18.3 Å². The molecule has 1 aliphatic rings. The van der Waals surface area contributed by atoms with E-state index < -0.39 is 0 Å². The van der Waals surface area contributed by atoms with Gasteiger partial charge < -0.3 is 20.1 Å². The number of carbonyl (C=O) groups excluding carboxylic acids is 2. The highest BCUT2D eigenvalue weighted by Crippen LogP contribution is 2.19. The van der Waals surface area contributed by atoms with Gasteiger partial charge in [0.05, 0.1) is 5.92 Å². The van der Waals surface area contributed by atoms with Crippen molar-refractivity contribution >= 4 is 17.6 Å². The van der Waals surface area contributed by atoms with Crippen molar-refractivity contribution in [3.05, 3.63) is 66.0 Å². The summed E-state index contributed by atoms with van der Waals surface area (Å²) in [6.45, 7) is 3.54. The van der Waals surface area contributed by atoms with Gasteiger partial charge in [-0.1, -0.05) is 42.5 Å². The number of urea groups is 1. The largest absolute Gasteiger partial charge is 0.355 e. The Labute approximate surface area is 194 Å². The van der Waals surface area contributed by atoms with Crippen LogP contribution in [0.3, 0.4) is 0 Å². The van der Waals surface area contributed by atoms with E-state index in [4.69, 9.17) is 0 Å². The molecule has 0 unspecified atom stereocenters. The molecule has 3 aromatic rings. The van der Waals surface area contributed by atoms with E-state index in [0.717, 1.165) is 41.3 Å². The van der Waals surface area contributed by atoms with E-state index in [1.807, 2.05) is 73.1 Å². The smallest absolute Gasteiger partial charge is 0.321 e. The monoisotopic (exact) mass is 446 g/mol. The summed E-state index contributed by atoms with van der Waals surface area (Å²) in [7, 11) is 1.94. The Morgan fingerprint density at radius 1 is 1.09 bits per heavy atom. The maximum atomic E-state index is 12.8. The average molecular weight is 447 g/mol. The summed E-state index contributed by atoms with van der Waals surface area (Å²) in [6, 6.07) is 17.4. The molecule has 0 bridgehead atoms. The van der Waals surface area contributed by atoms with Crippen molar-refractivity contribution in [1.29, 1.82) is 0 Å². The minimum Gasteiger partial charge on any atom is -0.355 e. The molecule has 2 heterocycles. The van der Waals surface area contributed by atoms with Gasteiger partial charge in [0.25, 0.3) is 0 Å². The lowest BCUT2D eigenvalue weighted by atomic mass is 9.97. The predicted octanol–water partition coefficient (Wildman–Crippen LogP) is 3.39. The van der Waals surface area contributed by atoms with Crippen molar-refractivity contribution in [3.63, 3.8) is 0 Å². The van der Waals surface area contributed by atoms with Crippen molar-refractivity contribution in [2.75, 3.05) is 25.0 Å². The molecule has 4 rings (SSSR count). The summed E-state index contributed by atoms with van der Waals surface area (Å²) in [5.74, 6) is 1.39. The van der Waals surface area contributed by atoms with Crippen LogP contribution in [0.4, 0.5) is 10.5 Å². The first-order valence-corrected chi connectivity index (χ1v) is 11.4. The first-order valence-electron chi connectivity index (χ1n) is 11.4. The Morgan fingerprint density at radius 3 is 2.70 bits per heavy atom. The van der Waals surface area contributed by atoms with E-state index in [9.17, 15) is 9.59 Å². The van der Waals surface area contributed by atoms with Crippen LogP contribution >= 0.6 is 0 Å². The van der Waals surface area contributed by atoms with Crippen LogP contribution in [0.25, 0.3) is 11.4 Å². The highest BCUT2D eigenvalue weighted by Gasteiger charge is 2.28. The Morgan fingerprint density at radius 2 is 1.91 bits per heavy atom. The molecular weight excluding hydrogens is 416 g/mol. The van der Waals surface area contributed by atoms with Crippen molar-refractivity contribution < 1.29 is 9.59 Å². The number of rotatable bonds is 6. The van der Waals surface area contributed by atoms with Gasteiger partial charge in [0, 0.05) is 44.4 Å². The molecule has 1 aliphatic heterocycles. The number of aryl methyl sites for hydroxylation is 1. The van der Waals surface area contributed by atoms with Crippen LogP contribution in [0, 0.1) is 12.8 Å². The zero-order valence-corrected chi connectivity index (χ0v) is 19.1. The van der Waals surface area contributed by atoms with Crippen LogP contribution < -0.4 is 10.6 Å². The molecule has 33 heavy (non-hydrogen) atoms. The van der Waals surface area contributed by atoms with Gasteiger partial charge in [0.15, 0.2) is 5.82 Å². The number of hydrogen-bond acceptors (Lipinski definition) is 4. The van der Waals surface area contributed by atoms with E-state index in [0.29, 0.717) is 26.1 Å². The molecule has 3 amide bonds. The first-order chi connectivity index (χ1) is 16.0. The lowest BCUT2D eigenvalue weighted by Gasteiger charge is -2.32. The van der Waals surface area contributed by atoms with Crippen LogP contribution in [0.2, 0.25) is 0 Å². The highest BCUT2D eigenvalue weighted by molar-refractivity contribution is 5.90. The molecule has 1 aromatic heterocycles. The average Bonchev–Trinajstić information content (AvgIpc) is 3.20. The Kier molecular flexibility index (Phi) is 7.02. The van der Waals surface area contributed by atoms with Crippen LogP contribution in [0.5, 0.6) is 0 Å². The lowest BCUT2D eigenvalue weighted by molar-refractivity contribution is -0.126. The zero-order chi connectivity index (χ0) is 23.2. The number of hydrogen-bond donors (Lipinski definition) is 2. The van der Waals surface area contributed by atoms with Gasteiger partial charge in [-0.2, -0.15) is 0 Å². The summed E-state index contributed by atoms with van der Waals surface area (Å²) in [6.07, 6.45) is 2.18. The molecule has 0 radical (unpaired) electrons. The lowest BCUT2D eigenvalue weighted by Crippen LogP contribution is -2.47. The number of likely N-dealkylation sites (tertiary alicyclic amines) is 1. The third-order valence-electron chi connectivity index (χ3n) is 5.99. The number of benzene rings is 2. The van der Waals surface area contributed by atoms with E-state index in [-0.39, 0.29) is 17.9 Å². The standard InChI is InChI=1S/C25H30N6O2/c1-18-8-6-12-21(16-18)27-25(33)31-15-7-11-20(17-31)24(32)26-14-13-22-28-29-23(30(22)2)19-9-4-3-5-10-19/h3-6,8-10,12,16,20H,7,11,13-15,17H2,1-2H3,(H,26,32)(H,27,33)/t20-/m1/s1. The van der Waals surface area contributed by atoms with Gasteiger partial charge in [-0.05, 0) is 37.5 Å². The summed E-state index contributed by atoms with van der Waals surface area (Å²) < 4.78 is 1.96.